The van der Waals surface area contributed by atoms with Gasteiger partial charge in [-0.15, -0.1) is 0 Å². The third-order valence-electron chi connectivity index (χ3n) is 5.07. The van der Waals surface area contributed by atoms with Crippen molar-refractivity contribution in [2.75, 3.05) is 7.11 Å². The average Bonchev–Trinajstić information content (AvgIpc) is 2.66. The Kier molecular flexibility index (Phi) is 5.41. The van der Waals surface area contributed by atoms with Crippen molar-refractivity contribution in [1.82, 2.24) is 4.57 Å². The molecule has 0 unspecified atom stereocenters. The summed E-state index contributed by atoms with van der Waals surface area (Å²) in [6.45, 7) is 9.44. The molecule has 0 radical (unpaired) electrons. The Morgan fingerprint density at radius 1 is 1.04 bits per heavy atom. The molecule has 0 atom stereocenters. The minimum Gasteiger partial charge on any atom is -0.496 e. The van der Waals surface area contributed by atoms with Crippen LogP contribution < -0.4 is 10.3 Å². The average molecular weight is 364 g/mol. The molecule has 0 aliphatic carbocycles. The lowest BCUT2D eigenvalue weighted by Gasteiger charge is -2.23. The quantitative estimate of drug-likeness (QED) is 0.576. The van der Waals surface area contributed by atoms with Gasteiger partial charge in [0.05, 0.1) is 7.11 Å². The molecule has 0 aliphatic heterocycles. The Bertz CT molecular complexity index is 1010. The Morgan fingerprint density at radius 3 is 2.37 bits per heavy atom. The minimum absolute atomic E-state index is 0.00581. The fraction of sp³-hybridized carbons (Fsp3) is 0.375. The number of pyridine rings is 1. The Labute approximate surface area is 161 Å². The van der Waals surface area contributed by atoms with Crippen LogP contribution in [0.25, 0.3) is 21.9 Å². The molecule has 0 N–H and O–H groups in total. The number of benzene rings is 2. The Balaban J connectivity index is 2.25. The molecule has 0 spiro atoms. The molecular weight excluding hydrogens is 334 g/mol. The first-order chi connectivity index (χ1) is 12.9. The van der Waals surface area contributed by atoms with E-state index in [1.807, 2.05) is 35.0 Å². The number of aryl methyl sites for hydroxylation is 1. The smallest absolute Gasteiger partial charge is 0.258 e. The molecule has 3 heteroatoms. The molecule has 3 nitrogen and oxygen atoms in total. The number of hydrogen-bond donors (Lipinski definition) is 0. The predicted molar refractivity (Wildman–Crippen MR) is 114 cm³/mol. The zero-order valence-corrected chi connectivity index (χ0v) is 17.0. The summed E-state index contributed by atoms with van der Waals surface area (Å²) in [5.41, 5.74) is 3.41. The highest BCUT2D eigenvalue weighted by molar-refractivity contribution is 5.96. The van der Waals surface area contributed by atoms with Crippen molar-refractivity contribution in [3.63, 3.8) is 0 Å². The number of hydrogen-bond acceptors (Lipinski definition) is 2. The van der Waals surface area contributed by atoms with Gasteiger partial charge in [-0.3, -0.25) is 4.79 Å². The van der Waals surface area contributed by atoms with Crippen LogP contribution in [0.1, 0.15) is 46.1 Å². The molecular formula is C24H29NO2. The third kappa shape index (κ3) is 3.78. The normalized spacial score (nSPS) is 11.7. The summed E-state index contributed by atoms with van der Waals surface area (Å²) < 4.78 is 7.55. The summed E-state index contributed by atoms with van der Waals surface area (Å²) >= 11 is 0. The maximum atomic E-state index is 12.9. The number of methoxy groups -OCH3 is 1. The standard InChI is InChI=1S/C24H29NO2/c1-6-7-14-25-16-20(18-10-8-9-11-19(18)23(25)26)17-12-13-21(24(2,3)4)22(15-17)27-5/h8-13,15-16H,6-7,14H2,1-5H3. The van der Waals surface area contributed by atoms with Crippen molar-refractivity contribution >= 4 is 10.8 Å². The molecule has 1 aromatic heterocycles. The zero-order valence-electron chi connectivity index (χ0n) is 17.0. The highest BCUT2D eigenvalue weighted by atomic mass is 16.5. The van der Waals surface area contributed by atoms with Crippen LogP contribution >= 0.6 is 0 Å². The summed E-state index contributed by atoms with van der Waals surface area (Å²) in [5.74, 6) is 0.885. The summed E-state index contributed by atoms with van der Waals surface area (Å²) in [5, 5.41) is 1.76. The molecule has 0 aliphatic rings. The first-order valence-electron chi connectivity index (χ1n) is 9.68. The van der Waals surface area contributed by atoms with E-state index in [1.54, 1.807) is 7.11 Å². The second kappa shape index (κ2) is 7.59. The van der Waals surface area contributed by atoms with Crippen molar-refractivity contribution in [2.24, 2.45) is 0 Å². The third-order valence-corrected chi connectivity index (χ3v) is 5.07. The van der Waals surface area contributed by atoms with Gasteiger partial charge >= 0.3 is 0 Å². The van der Waals surface area contributed by atoms with E-state index in [9.17, 15) is 4.79 Å². The highest BCUT2D eigenvalue weighted by Crippen LogP contribution is 2.36. The van der Waals surface area contributed by atoms with Crippen LogP contribution in [0.5, 0.6) is 5.75 Å². The van der Waals surface area contributed by atoms with E-state index in [0.717, 1.165) is 47.0 Å². The van der Waals surface area contributed by atoms with Crippen molar-refractivity contribution in [2.45, 2.75) is 52.5 Å². The van der Waals surface area contributed by atoms with Crippen molar-refractivity contribution in [3.8, 4) is 16.9 Å². The lowest BCUT2D eigenvalue weighted by Crippen LogP contribution is -2.20. The van der Waals surface area contributed by atoms with Gasteiger partial charge in [-0.05, 0) is 40.5 Å². The van der Waals surface area contributed by atoms with Gasteiger partial charge in [0.1, 0.15) is 5.75 Å². The maximum absolute atomic E-state index is 12.9. The molecule has 3 rings (SSSR count). The van der Waals surface area contributed by atoms with Crippen molar-refractivity contribution in [1.29, 1.82) is 0 Å². The van der Waals surface area contributed by atoms with Crippen LogP contribution in [0.3, 0.4) is 0 Å². The predicted octanol–water partition coefficient (Wildman–Crippen LogP) is 5.77. The SMILES string of the molecule is CCCCn1cc(-c2ccc(C(C)(C)C)c(OC)c2)c2ccccc2c1=O. The second-order valence-corrected chi connectivity index (χ2v) is 8.11. The molecule has 0 saturated heterocycles. The number of rotatable bonds is 5. The minimum atomic E-state index is 0.00581. The van der Waals surface area contributed by atoms with Gasteiger partial charge in [-0.2, -0.15) is 0 Å². The van der Waals surface area contributed by atoms with Crippen LogP contribution in [-0.4, -0.2) is 11.7 Å². The summed E-state index contributed by atoms with van der Waals surface area (Å²) in [6.07, 6.45) is 4.05. The molecule has 0 saturated carbocycles. The van der Waals surface area contributed by atoms with Gasteiger partial charge < -0.3 is 9.30 Å². The molecule has 2 aromatic carbocycles. The fourth-order valence-electron chi connectivity index (χ4n) is 3.55. The van der Waals surface area contributed by atoms with Gasteiger partial charge in [0, 0.05) is 23.7 Å². The molecule has 3 aromatic rings. The molecule has 27 heavy (non-hydrogen) atoms. The van der Waals surface area contributed by atoms with Crippen LogP contribution in [-0.2, 0) is 12.0 Å². The topological polar surface area (TPSA) is 31.2 Å². The second-order valence-electron chi connectivity index (χ2n) is 8.11. The van der Waals surface area contributed by atoms with E-state index in [2.05, 4.69) is 45.9 Å². The number of ether oxygens (including phenoxy) is 1. The fourth-order valence-corrected chi connectivity index (χ4v) is 3.55. The van der Waals surface area contributed by atoms with Gasteiger partial charge in [-0.25, -0.2) is 0 Å². The van der Waals surface area contributed by atoms with Crippen LogP contribution in [0, 0.1) is 0 Å². The molecule has 0 fully saturated rings. The first-order valence-corrected chi connectivity index (χ1v) is 9.68. The van der Waals surface area contributed by atoms with E-state index >= 15 is 0 Å². The monoisotopic (exact) mass is 363 g/mol. The highest BCUT2D eigenvalue weighted by Gasteiger charge is 2.20. The molecule has 142 valence electrons. The number of nitrogens with zero attached hydrogens (tertiary/aromatic N) is 1. The zero-order chi connectivity index (χ0) is 19.6. The Hall–Kier alpha value is -2.55. The van der Waals surface area contributed by atoms with Crippen molar-refractivity contribution < 1.29 is 4.74 Å². The van der Waals surface area contributed by atoms with Gasteiger partial charge in [-0.1, -0.05) is 64.4 Å². The Morgan fingerprint density at radius 2 is 1.74 bits per heavy atom. The van der Waals surface area contributed by atoms with Gasteiger partial charge in [0.25, 0.3) is 5.56 Å². The van der Waals surface area contributed by atoms with Crippen molar-refractivity contribution in [3.05, 3.63) is 64.6 Å². The van der Waals surface area contributed by atoms with E-state index in [-0.39, 0.29) is 11.0 Å². The lowest BCUT2D eigenvalue weighted by molar-refractivity contribution is 0.398. The van der Waals surface area contributed by atoms with E-state index in [4.69, 9.17) is 4.74 Å². The molecule has 0 amide bonds. The van der Waals surface area contributed by atoms with E-state index < -0.39 is 0 Å². The van der Waals surface area contributed by atoms with Gasteiger partial charge in [0.15, 0.2) is 0 Å². The lowest BCUT2D eigenvalue weighted by atomic mass is 9.85. The van der Waals surface area contributed by atoms with Crippen LogP contribution in [0.15, 0.2) is 53.5 Å². The number of fused-ring (bicyclic) bond motifs is 1. The molecule has 1 heterocycles. The number of unbranched alkanes of at least 4 members (excludes halogenated alkanes) is 1. The maximum Gasteiger partial charge on any atom is 0.258 e. The van der Waals surface area contributed by atoms with Crippen LogP contribution in [0.4, 0.5) is 0 Å². The first kappa shape index (κ1) is 19.2. The number of aromatic nitrogens is 1. The van der Waals surface area contributed by atoms with Crippen LogP contribution in [0.2, 0.25) is 0 Å². The molecule has 0 bridgehead atoms. The van der Waals surface area contributed by atoms with E-state index in [0.29, 0.717) is 0 Å². The van der Waals surface area contributed by atoms with Gasteiger partial charge in [0.2, 0.25) is 0 Å². The summed E-state index contributed by atoms with van der Waals surface area (Å²) in [4.78, 5) is 12.9. The largest absolute Gasteiger partial charge is 0.496 e. The summed E-state index contributed by atoms with van der Waals surface area (Å²) in [7, 11) is 1.72. The van der Waals surface area contributed by atoms with E-state index in [1.165, 1.54) is 5.56 Å². The summed E-state index contributed by atoms with van der Waals surface area (Å²) in [6, 6.07) is 14.2.